The van der Waals surface area contributed by atoms with Gasteiger partial charge in [0.1, 0.15) is 11.4 Å². The Morgan fingerprint density at radius 1 is 1.15 bits per heavy atom. The monoisotopic (exact) mass is 290 g/mol. The Balaban J connectivity index is 2.43. The number of benzene rings is 2. The van der Waals surface area contributed by atoms with Gasteiger partial charge in [0, 0.05) is 10.7 Å². The number of phenolic OH excluding ortho intramolecular Hbond substituents is 1. The zero-order chi connectivity index (χ0) is 14.7. The van der Waals surface area contributed by atoms with E-state index in [1.807, 2.05) is 12.1 Å². The number of hydrogen-bond donors (Lipinski definition) is 3. The van der Waals surface area contributed by atoms with E-state index >= 15 is 0 Å². The quantitative estimate of drug-likeness (QED) is 0.574. The molecule has 2 aromatic rings. The normalized spacial score (nSPS) is 10.6. The van der Waals surface area contributed by atoms with E-state index in [9.17, 15) is 5.11 Å². The van der Waals surface area contributed by atoms with Crippen molar-refractivity contribution in [2.75, 3.05) is 11.1 Å². The summed E-state index contributed by atoms with van der Waals surface area (Å²) in [5.74, 6) is 0.173. The van der Waals surface area contributed by atoms with Crippen LogP contribution in [-0.4, -0.2) is 5.11 Å². The Morgan fingerprint density at radius 2 is 1.80 bits per heavy atom. The van der Waals surface area contributed by atoms with Gasteiger partial charge in [-0.15, -0.1) is 0 Å². The molecule has 20 heavy (non-hydrogen) atoms. The van der Waals surface area contributed by atoms with Crippen molar-refractivity contribution in [2.24, 2.45) is 0 Å². The molecule has 0 aliphatic heterocycles. The number of nitrogen functional groups attached to an aromatic ring is 1. The molecule has 4 N–H and O–H groups in total. The largest absolute Gasteiger partial charge is 0.506 e. The Kier molecular flexibility index (Phi) is 4.40. The molecule has 0 spiro atoms. The van der Waals surface area contributed by atoms with E-state index in [4.69, 9.17) is 17.3 Å². The molecule has 106 valence electrons. The summed E-state index contributed by atoms with van der Waals surface area (Å²) < 4.78 is 0. The molecule has 0 unspecified atom stereocenters. The van der Waals surface area contributed by atoms with Crippen LogP contribution in [0.15, 0.2) is 30.3 Å². The second-order valence-corrected chi connectivity index (χ2v) is 5.10. The van der Waals surface area contributed by atoms with Gasteiger partial charge in [0.2, 0.25) is 0 Å². The van der Waals surface area contributed by atoms with Crippen LogP contribution in [-0.2, 0) is 12.8 Å². The Morgan fingerprint density at radius 3 is 2.35 bits per heavy atom. The molecule has 0 saturated heterocycles. The van der Waals surface area contributed by atoms with E-state index in [2.05, 4.69) is 19.2 Å². The second kappa shape index (κ2) is 6.06. The van der Waals surface area contributed by atoms with Gasteiger partial charge in [-0.1, -0.05) is 25.4 Å². The minimum Gasteiger partial charge on any atom is -0.506 e. The second-order valence-electron chi connectivity index (χ2n) is 4.66. The highest BCUT2D eigenvalue weighted by Crippen LogP contribution is 2.38. The van der Waals surface area contributed by atoms with Gasteiger partial charge >= 0.3 is 0 Å². The smallest absolute Gasteiger partial charge is 0.141 e. The average molecular weight is 291 g/mol. The number of aromatic hydroxyl groups is 1. The zero-order valence-corrected chi connectivity index (χ0v) is 12.5. The van der Waals surface area contributed by atoms with Gasteiger partial charge in [-0.25, -0.2) is 0 Å². The van der Waals surface area contributed by atoms with Crippen LogP contribution in [0.25, 0.3) is 0 Å². The molecule has 4 heteroatoms. The lowest BCUT2D eigenvalue weighted by Gasteiger charge is -2.17. The predicted octanol–water partition coefficient (Wildman–Crippen LogP) is 4.50. The van der Waals surface area contributed by atoms with Crippen molar-refractivity contribution in [3.05, 3.63) is 46.5 Å². The van der Waals surface area contributed by atoms with Gasteiger partial charge in [-0.2, -0.15) is 0 Å². The van der Waals surface area contributed by atoms with Crippen molar-refractivity contribution in [3.63, 3.8) is 0 Å². The minimum absolute atomic E-state index is 0.173. The van der Waals surface area contributed by atoms with Gasteiger partial charge in [0.05, 0.1) is 5.69 Å². The first kappa shape index (κ1) is 14.5. The van der Waals surface area contributed by atoms with E-state index in [-0.39, 0.29) is 5.75 Å². The standard InChI is InChI=1S/C16H19ClN2O/c1-3-10-9-14(20)16(15(18)13(10)4-2)19-12-7-5-11(17)6-8-12/h5-9,19-20H,3-4,18H2,1-2H3. The van der Waals surface area contributed by atoms with Gasteiger partial charge in [0.15, 0.2) is 0 Å². The average Bonchev–Trinajstić information content (AvgIpc) is 2.44. The van der Waals surface area contributed by atoms with Crippen molar-refractivity contribution >= 4 is 28.7 Å². The molecule has 0 saturated carbocycles. The maximum Gasteiger partial charge on any atom is 0.141 e. The summed E-state index contributed by atoms with van der Waals surface area (Å²) in [6, 6.07) is 9.06. The van der Waals surface area contributed by atoms with E-state index < -0.39 is 0 Å². The molecule has 0 heterocycles. The highest BCUT2D eigenvalue weighted by molar-refractivity contribution is 6.30. The molecule has 0 aromatic heterocycles. The third kappa shape index (κ3) is 2.83. The molecule has 0 atom stereocenters. The number of anilines is 3. The van der Waals surface area contributed by atoms with Gasteiger partial charge in [-0.05, 0) is 54.3 Å². The molecule has 0 bridgehead atoms. The first-order valence-corrected chi connectivity index (χ1v) is 7.10. The Hall–Kier alpha value is -1.87. The summed E-state index contributed by atoms with van der Waals surface area (Å²) in [6.07, 6.45) is 1.69. The maximum absolute atomic E-state index is 10.2. The van der Waals surface area contributed by atoms with E-state index in [1.165, 1.54) is 0 Å². The molecule has 0 aliphatic carbocycles. The van der Waals surface area contributed by atoms with Crippen LogP contribution in [0.5, 0.6) is 5.75 Å². The van der Waals surface area contributed by atoms with Gasteiger partial charge in [-0.3, -0.25) is 0 Å². The fourth-order valence-corrected chi connectivity index (χ4v) is 2.45. The molecule has 0 fully saturated rings. The SMILES string of the molecule is CCc1cc(O)c(Nc2ccc(Cl)cc2)c(N)c1CC. The van der Waals surface area contributed by atoms with Gasteiger partial charge in [0.25, 0.3) is 0 Å². The summed E-state index contributed by atoms with van der Waals surface area (Å²) in [4.78, 5) is 0. The number of nitrogens with one attached hydrogen (secondary N) is 1. The topological polar surface area (TPSA) is 58.3 Å². The van der Waals surface area contributed by atoms with Crippen molar-refractivity contribution in [2.45, 2.75) is 26.7 Å². The van der Waals surface area contributed by atoms with Crippen LogP contribution >= 0.6 is 11.6 Å². The summed E-state index contributed by atoms with van der Waals surface area (Å²) in [6.45, 7) is 4.12. The number of nitrogens with two attached hydrogens (primary N) is 1. The van der Waals surface area contributed by atoms with Crippen LogP contribution in [0.3, 0.4) is 0 Å². The van der Waals surface area contributed by atoms with E-state index in [1.54, 1.807) is 18.2 Å². The lowest BCUT2D eigenvalue weighted by Crippen LogP contribution is -2.04. The lowest BCUT2D eigenvalue weighted by molar-refractivity contribution is 0.477. The van der Waals surface area contributed by atoms with Crippen molar-refractivity contribution in [1.29, 1.82) is 0 Å². The van der Waals surface area contributed by atoms with Crippen molar-refractivity contribution in [3.8, 4) is 5.75 Å². The Bertz CT molecular complexity index is 609. The number of aryl methyl sites for hydroxylation is 1. The number of rotatable bonds is 4. The lowest BCUT2D eigenvalue weighted by atomic mass is 9.99. The van der Waals surface area contributed by atoms with E-state index in [0.29, 0.717) is 16.4 Å². The molecule has 0 amide bonds. The fourth-order valence-electron chi connectivity index (χ4n) is 2.33. The zero-order valence-electron chi connectivity index (χ0n) is 11.7. The maximum atomic E-state index is 10.2. The van der Waals surface area contributed by atoms with Crippen LogP contribution < -0.4 is 11.1 Å². The highest BCUT2D eigenvalue weighted by atomic mass is 35.5. The minimum atomic E-state index is 0.173. The fraction of sp³-hybridized carbons (Fsp3) is 0.250. The molecule has 0 aliphatic rings. The summed E-state index contributed by atoms with van der Waals surface area (Å²) in [5, 5.41) is 14.0. The molecule has 2 rings (SSSR count). The number of hydrogen-bond acceptors (Lipinski definition) is 3. The third-order valence-corrected chi connectivity index (χ3v) is 3.65. The van der Waals surface area contributed by atoms with Crippen molar-refractivity contribution in [1.82, 2.24) is 0 Å². The molecular formula is C16H19ClN2O. The van der Waals surface area contributed by atoms with Crippen LogP contribution in [0, 0.1) is 0 Å². The first-order chi connectivity index (χ1) is 9.56. The third-order valence-electron chi connectivity index (χ3n) is 3.40. The summed E-state index contributed by atoms with van der Waals surface area (Å²) >= 11 is 5.86. The van der Waals surface area contributed by atoms with E-state index in [0.717, 1.165) is 29.7 Å². The Labute approximate surface area is 124 Å². The predicted molar refractivity (Wildman–Crippen MR) is 86.0 cm³/mol. The first-order valence-electron chi connectivity index (χ1n) is 6.72. The summed E-state index contributed by atoms with van der Waals surface area (Å²) in [5.41, 5.74) is 10.4. The number of phenols is 1. The van der Waals surface area contributed by atoms with Crippen molar-refractivity contribution < 1.29 is 5.11 Å². The van der Waals surface area contributed by atoms with Gasteiger partial charge < -0.3 is 16.2 Å². The summed E-state index contributed by atoms with van der Waals surface area (Å²) in [7, 11) is 0. The van der Waals surface area contributed by atoms with Crippen LogP contribution in [0.4, 0.5) is 17.1 Å². The van der Waals surface area contributed by atoms with Crippen LogP contribution in [0.2, 0.25) is 5.02 Å². The molecule has 2 aromatic carbocycles. The van der Waals surface area contributed by atoms with Crippen LogP contribution in [0.1, 0.15) is 25.0 Å². The molecule has 0 radical (unpaired) electrons. The highest BCUT2D eigenvalue weighted by Gasteiger charge is 2.14. The number of halogens is 1. The molecule has 3 nitrogen and oxygen atoms in total. The molecular weight excluding hydrogens is 272 g/mol.